The smallest absolute Gasteiger partial charge is 0.394 e. The average Bonchev–Trinajstić information content (AvgIpc) is 3.19. The van der Waals surface area contributed by atoms with Crippen molar-refractivity contribution >= 4 is 21.6 Å². The highest BCUT2D eigenvalue weighted by molar-refractivity contribution is 7.61. The van der Waals surface area contributed by atoms with Crippen LogP contribution in [0.1, 0.15) is 25.1 Å². The van der Waals surface area contributed by atoms with Gasteiger partial charge in [-0.3, -0.25) is 28.2 Å². The lowest BCUT2D eigenvalue weighted by molar-refractivity contribution is -0.255. The maximum absolute atomic E-state index is 12.3. The van der Waals surface area contributed by atoms with Gasteiger partial charge in [-0.25, -0.2) is 13.9 Å². The van der Waals surface area contributed by atoms with Gasteiger partial charge in [-0.05, 0) is 6.92 Å². The van der Waals surface area contributed by atoms with E-state index in [1.165, 1.54) is 13.1 Å². The molecule has 10 atom stereocenters. The molecule has 2 aliphatic heterocycles. The van der Waals surface area contributed by atoms with Crippen molar-refractivity contribution in [3.8, 4) is 0 Å². The molecule has 2 saturated heterocycles. The number of nitrogens with zero attached hydrogens (tertiary/aromatic N) is 1. The topological polar surface area (TPSA) is 286 Å². The number of rotatable bonds is 10. The highest BCUT2D eigenvalue weighted by Crippen LogP contribution is 2.61. The van der Waals surface area contributed by atoms with Gasteiger partial charge in [0.05, 0.1) is 25.4 Å². The number of phosphoric acid groups is 2. The fourth-order valence-corrected chi connectivity index (χ4v) is 6.05. The molecular formula is C18H29N3O16P2. The highest BCUT2D eigenvalue weighted by atomic mass is 31.3. The van der Waals surface area contributed by atoms with Crippen LogP contribution in [0.25, 0.3) is 0 Å². The quantitative estimate of drug-likeness (QED) is 0.121. The van der Waals surface area contributed by atoms with Crippen molar-refractivity contribution in [2.45, 2.75) is 69.3 Å². The molecular weight excluding hydrogens is 576 g/mol. The third kappa shape index (κ3) is 7.89. The first-order valence-electron chi connectivity index (χ1n) is 11.3. The van der Waals surface area contributed by atoms with Crippen LogP contribution in [0.2, 0.25) is 0 Å². The minimum absolute atomic E-state index is 0.176. The Balaban J connectivity index is 1.60. The Morgan fingerprint density at radius 2 is 1.82 bits per heavy atom. The van der Waals surface area contributed by atoms with Gasteiger partial charge in [-0.1, -0.05) is 0 Å². The van der Waals surface area contributed by atoms with Crippen molar-refractivity contribution in [2.24, 2.45) is 0 Å². The summed E-state index contributed by atoms with van der Waals surface area (Å²) in [6, 6.07) is -1.33. The molecule has 0 radical (unpaired) electrons. The maximum Gasteiger partial charge on any atom is 0.483 e. The lowest BCUT2D eigenvalue weighted by atomic mass is 9.96. The van der Waals surface area contributed by atoms with Gasteiger partial charge in [-0.2, -0.15) is 4.31 Å². The number of aryl methyl sites for hydroxylation is 1. The van der Waals surface area contributed by atoms with E-state index in [-0.39, 0.29) is 12.0 Å². The molecule has 2 fully saturated rings. The molecule has 2 unspecified atom stereocenters. The van der Waals surface area contributed by atoms with E-state index in [1.807, 2.05) is 0 Å². The number of carbonyl (C=O) groups excluding carboxylic acids is 1. The molecule has 0 saturated carbocycles. The van der Waals surface area contributed by atoms with Crippen LogP contribution in [0.4, 0.5) is 0 Å². The van der Waals surface area contributed by atoms with E-state index in [0.717, 1.165) is 11.5 Å². The molecule has 0 aliphatic carbocycles. The zero-order valence-electron chi connectivity index (χ0n) is 20.4. The summed E-state index contributed by atoms with van der Waals surface area (Å²) in [5, 5.41) is 42.3. The number of H-pyrrole nitrogens is 1. The van der Waals surface area contributed by atoms with Crippen LogP contribution < -0.4 is 16.6 Å². The second-order valence-electron chi connectivity index (χ2n) is 8.76. The van der Waals surface area contributed by atoms with Crippen LogP contribution >= 0.6 is 15.6 Å². The predicted molar refractivity (Wildman–Crippen MR) is 124 cm³/mol. The standard InChI is InChI=1S/C18H29N3O16P2/c1-7-4-21(18(28)20-16(7)27)12-3-9(24)11(34-12)6-33-38(29,30)37-39(31,32)36-17-15(26)14(25)13(19-8(2)23)10(5-22)35-17/h4,9-15,17,22,24-26H,3,5-6H2,1-2H3,(H,19,23)(H,29,30)(H,31,32)(H,20,27,28)/t9-,10+,11+,12+,13+,14-,15+,17+/m0/s1. The number of nitrogens with one attached hydrogen (secondary N) is 2. The first kappa shape index (κ1) is 31.7. The molecule has 39 heavy (non-hydrogen) atoms. The number of hydrogen-bond donors (Lipinski definition) is 8. The lowest BCUT2D eigenvalue weighted by Gasteiger charge is -2.42. The van der Waals surface area contributed by atoms with E-state index in [9.17, 15) is 53.7 Å². The van der Waals surface area contributed by atoms with Gasteiger partial charge in [-0.15, -0.1) is 0 Å². The van der Waals surface area contributed by atoms with E-state index in [0.29, 0.717) is 0 Å². The summed E-state index contributed by atoms with van der Waals surface area (Å²) in [4.78, 5) is 56.8. The van der Waals surface area contributed by atoms with Crippen LogP contribution in [0.15, 0.2) is 15.8 Å². The minimum atomic E-state index is -5.57. The largest absolute Gasteiger partial charge is 0.483 e. The van der Waals surface area contributed by atoms with Crippen molar-refractivity contribution in [1.29, 1.82) is 0 Å². The second-order valence-corrected chi connectivity index (χ2v) is 11.8. The SMILES string of the molecule is CC(=O)N[C@H]1[C@H](O)[C@@H](O)[C@@H](OP(=O)(O)OP(=O)(O)OC[C@H]2O[C@@H](n3cc(C)c(=O)[nH]c3=O)C[C@@H]2O)O[C@@H]1CO. The van der Waals surface area contributed by atoms with Gasteiger partial charge < -0.3 is 45.0 Å². The molecule has 8 N–H and O–H groups in total. The van der Waals surface area contributed by atoms with Crippen molar-refractivity contribution in [1.82, 2.24) is 14.9 Å². The number of hydrogen-bond acceptors (Lipinski definition) is 14. The van der Waals surface area contributed by atoms with Gasteiger partial charge in [0.2, 0.25) is 5.91 Å². The summed E-state index contributed by atoms with van der Waals surface area (Å²) in [7, 11) is -11.0. The first-order valence-corrected chi connectivity index (χ1v) is 14.3. The van der Waals surface area contributed by atoms with E-state index < -0.39 is 95.1 Å². The van der Waals surface area contributed by atoms with Gasteiger partial charge in [0.15, 0.2) is 6.29 Å². The molecule has 0 bridgehead atoms. The molecule has 0 aromatic carbocycles. The predicted octanol–water partition coefficient (Wildman–Crippen LogP) is -3.31. The molecule has 2 aliphatic rings. The van der Waals surface area contributed by atoms with Crippen LogP contribution in [-0.2, 0) is 36.8 Å². The van der Waals surface area contributed by atoms with E-state index >= 15 is 0 Å². The normalized spacial score (nSPS) is 34.3. The van der Waals surface area contributed by atoms with Gasteiger partial charge in [0.25, 0.3) is 5.56 Å². The molecule has 19 nitrogen and oxygen atoms in total. The molecule has 3 heterocycles. The van der Waals surface area contributed by atoms with E-state index in [4.69, 9.17) is 9.47 Å². The first-order chi connectivity index (χ1) is 18.0. The molecule has 3 rings (SSSR count). The number of aliphatic hydroxyl groups excluding tert-OH is 4. The van der Waals surface area contributed by atoms with Crippen molar-refractivity contribution in [3.63, 3.8) is 0 Å². The Kier molecular flexibility index (Phi) is 10.0. The Morgan fingerprint density at radius 1 is 1.15 bits per heavy atom. The summed E-state index contributed by atoms with van der Waals surface area (Å²) >= 11 is 0. The molecule has 21 heteroatoms. The number of phosphoric ester groups is 2. The maximum atomic E-state index is 12.3. The third-order valence-electron chi connectivity index (χ3n) is 5.76. The monoisotopic (exact) mass is 605 g/mol. The number of aromatic amines is 1. The van der Waals surface area contributed by atoms with Gasteiger partial charge >= 0.3 is 21.3 Å². The van der Waals surface area contributed by atoms with Crippen molar-refractivity contribution in [2.75, 3.05) is 13.2 Å². The van der Waals surface area contributed by atoms with Gasteiger partial charge in [0.1, 0.15) is 30.6 Å². The lowest BCUT2D eigenvalue weighted by Crippen LogP contribution is -2.64. The van der Waals surface area contributed by atoms with Crippen molar-refractivity contribution in [3.05, 3.63) is 32.6 Å². The number of carbonyl (C=O) groups is 1. The molecule has 1 amide bonds. The molecule has 222 valence electrons. The molecule has 0 spiro atoms. The fourth-order valence-electron chi connectivity index (χ4n) is 3.90. The Labute approximate surface area is 219 Å². The number of aliphatic hydroxyl groups is 4. The minimum Gasteiger partial charge on any atom is -0.394 e. The zero-order valence-corrected chi connectivity index (χ0v) is 22.2. The fraction of sp³-hybridized carbons (Fsp3) is 0.722. The summed E-state index contributed by atoms with van der Waals surface area (Å²) in [6.45, 7) is 0.820. The van der Waals surface area contributed by atoms with Gasteiger partial charge in [0, 0.05) is 25.1 Å². The Bertz CT molecular complexity index is 1250. The van der Waals surface area contributed by atoms with Crippen molar-refractivity contribution < 1.29 is 67.0 Å². The Morgan fingerprint density at radius 3 is 2.44 bits per heavy atom. The van der Waals surface area contributed by atoms with E-state index in [2.05, 4.69) is 23.7 Å². The average molecular weight is 605 g/mol. The molecule has 1 aromatic rings. The van der Waals surface area contributed by atoms with Crippen LogP contribution in [0, 0.1) is 6.92 Å². The summed E-state index contributed by atoms with van der Waals surface area (Å²) in [5.74, 6) is -0.647. The van der Waals surface area contributed by atoms with Crippen LogP contribution in [-0.4, -0.2) is 102 Å². The third-order valence-corrected chi connectivity index (χ3v) is 8.36. The summed E-state index contributed by atoms with van der Waals surface area (Å²) in [5.41, 5.74) is -1.28. The summed E-state index contributed by atoms with van der Waals surface area (Å²) < 4.78 is 49.5. The van der Waals surface area contributed by atoms with Crippen LogP contribution in [0.3, 0.4) is 0 Å². The molecule has 1 aromatic heterocycles. The number of aromatic nitrogens is 2. The van der Waals surface area contributed by atoms with E-state index in [1.54, 1.807) is 0 Å². The van der Waals surface area contributed by atoms with Crippen LogP contribution in [0.5, 0.6) is 0 Å². The Hall–Kier alpha value is -1.83. The second kappa shape index (κ2) is 12.4. The summed E-state index contributed by atoms with van der Waals surface area (Å²) in [6.07, 6.45) is -10.2. The zero-order chi connectivity index (χ0) is 29.3. The number of amides is 1. The number of ether oxygens (including phenoxy) is 2. The highest BCUT2D eigenvalue weighted by Gasteiger charge is 2.49.